The molecule has 0 aliphatic rings. The second kappa shape index (κ2) is 6.07. The molecule has 6 heteroatoms. The summed E-state index contributed by atoms with van der Waals surface area (Å²) in [5.74, 6) is 0.602. The number of anilines is 1. The maximum atomic E-state index is 13.1. The molecule has 0 unspecified atom stereocenters. The van der Waals surface area contributed by atoms with Crippen molar-refractivity contribution >= 4 is 37.5 Å². The molecular weight excluding hydrogens is 348 g/mol. The third-order valence-corrected chi connectivity index (χ3v) is 5.82. The van der Waals surface area contributed by atoms with E-state index in [1.807, 2.05) is 43.3 Å². The monoisotopic (exact) mass is 366 g/mol. The maximum absolute atomic E-state index is 13.1. The lowest BCUT2D eigenvalue weighted by Gasteiger charge is -2.11. The van der Waals surface area contributed by atoms with Gasteiger partial charge in [0.15, 0.2) is 0 Å². The fraction of sp³-hybridized carbons (Fsp3) is 0.100. The Labute approximate surface area is 151 Å². The van der Waals surface area contributed by atoms with Gasteiger partial charge < -0.3 is 9.72 Å². The molecule has 26 heavy (non-hydrogen) atoms. The van der Waals surface area contributed by atoms with Crippen LogP contribution in [0.2, 0.25) is 0 Å². The van der Waals surface area contributed by atoms with Crippen molar-refractivity contribution in [2.75, 3.05) is 11.8 Å². The van der Waals surface area contributed by atoms with E-state index >= 15 is 0 Å². The number of aromatic amines is 1. The van der Waals surface area contributed by atoms with Crippen LogP contribution in [0.1, 0.15) is 5.56 Å². The van der Waals surface area contributed by atoms with E-state index in [0.29, 0.717) is 22.3 Å². The number of hydrogen-bond acceptors (Lipinski definition) is 3. The van der Waals surface area contributed by atoms with Crippen LogP contribution in [0.25, 0.3) is 21.8 Å². The second-order valence-electron chi connectivity index (χ2n) is 6.16. The van der Waals surface area contributed by atoms with E-state index in [9.17, 15) is 8.42 Å². The van der Waals surface area contributed by atoms with Crippen molar-refractivity contribution in [3.05, 3.63) is 66.2 Å². The highest BCUT2D eigenvalue weighted by Gasteiger charge is 2.22. The molecule has 5 nitrogen and oxygen atoms in total. The smallest absolute Gasteiger partial charge is 0.262 e. The van der Waals surface area contributed by atoms with Gasteiger partial charge >= 0.3 is 0 Å². The average molecular weight is 366 g/mol. The quantitative estimate of drug-likeness (QED) is 0.561. The third kappa shape index (κ3) is 2.68. The van der Waals surface area contributed by atoms with Gasteiger partial charge in [0.1, 0.15) is 5.75 Å². The van der Waals surface area contributed by atoms with Gasteiger partial charge in [-0.3, -0.25) is 4.72 Å². The highest BCUT2D eigenvalue weighted by Crippen LogP contribution is 2.36. The number of benzene rings is 3. The van der Waals surface area contributed by atoms with E-state index in [4.69, 9.17) is 4.74 Å². The molecule has 4 rings (SSSR count). The number of sulfonamides is 1. The van der Waals surface area contributed by atoms with E-state index in [1.54, 1.807) is 31.4 Å². The largest absolute Gasteiger partial charge is 0.495 e. The molecule has 0 saturated carbocycles. The Morgan fingerprint density at radius 3 is 2.42 bits per heavy atom. The summed E-state index contributed by atoms with van der Waals surface area (Å²) >= 11 is 0. The predicted octanol–water partition coefficient (Wildman–Crippen LogP) is 4.44. The van der Waals surface area contributed by atoms with Crippen molar-refractivity contribution in [2.45, 2.75) is 11.8 Å². The Kier molecular flexibility index (Phi) is 3.85. The summed E-state index contributed by atoms with van der Waals surface area (Å²) in [6.45, 7) is 1.96. The highest BCUT2D eigenvalue weighted by atomic mass is 32.2. The molecule has 132 valence electrons. The van der Waals surface area contributed by atoms with Gasteiger partial charge in [-0.25, -0.2) is 8.42 Å². The first-order valence-corrected chi connectivity index (χ1v) is 9.65. The summed E-state index contributed by atoms with van der Waals surface area (Å²) in [4.78, 5) is 3.48. The SMILES string of the molecule is COc1ccc(S(=O)(=O)Nc2ccc(C)cc2)c2c1[nH]c1ccccc12. The number of hydrogen-bond donors (Lipinski definition) is 2. The van der Waals surface area contributed by atoms with Gasteiger partial charge in [0.05, 0.1) is 17.5 Å². The highest BCUT2D eigenvalue weighted by molar-refractivity contribution is 7.93. The Balaban J connectivity index is 1.94. The van der Waals surface area contributed by atoms with Crippen LogP contribution in [0, 0.1) is 6.92 Å². The molecule has 1 aromatic heterocycles. The summed E-state index contributed by atoms with van der Waals surface area (Å²) in [5, 5.41) is 1.46. The zero-order valence-corrected chi connectivity index (χ0v) is 15.2. The Morgan fingerprint density at radius 2 is 1.69 bits per heavy atom. The minimum absolute atomic E-state index is 0.214. The molecule has 0 amide bonds. The Morgan fingerprint density at radius 1 is 0.962 bits per heavy atom. The molecule has 0 saturated heterocycles. The van der Waals surface area contributed by atoms with Crippen LogP contribution in [0.3, 0.4) is 0 Å². The second-order valence-corrected chi connectivity index (χ2v) is 7.81. The number of fused-ring (bicyclic) bond motifs is 3. The van der Waals surface area contributed by atoms with E-state index in [0.717, 1.165) is 16.5 Å². The number of ether oxygens (including phenoxy) is 1. The zero-order valence-electron chi connectivity index (χ0n) is 14.4. The van der Waals surface area contributed by atoms with Gasteiger partial charge in [0, 0.05) is 22.0 Å². The number of methoxy groups -OCH3 is 1. The van der Waals surface area contributed by atoms with Crippen molar-refractivity contribution in [3.8, 4) is 5.75 Å². The number of aryl methyl sites for hydroxylation is 1. The number of nitrogens with one attached hydrogen (secondary N) is 2. The van der Waals surface area contributed by atoms with Crippen molar-refractivity contribution in [3.63, 3.8) is 0 Å². The molecule has 0 atom stereocenters. The van der Waals surface area contributed by atoms with E-state index in [1.165, 1.54) is 0 Å². The summed E-state index contributed by atoms with van der Waals surface area (Å²) in [5.41, 5.74) is 3.12. The lowest BCUT2D eigenvalue weighted by Crippen LogP contribution is -2.13. The van der Waals surface area contributed by atoms with Crippen molar-refractivity contribution in [1.82, 2.24) is 4.98 Å². The minimum Gasteiger partial charge on any atom is -0.495 e. The van der Waals surface area contributed by atoms with Gasteiger partial charge in [0.2, 0.25) is 0 Å². The van der Waals surface area contributed by atoms with Crippen LogP contribution in [0.4, 0.5) is 5.69 Å². The maximum Gasteiger partial charge on any atom is 0.262 e. The average Bonchev–Trinajstić information content (AvgIpc) is 3.02. The molecule has 0 radical (unpaired) electrons. The van der Waals surface area contributed by atoms with Gasteiger partial charge in [-0.05, 0) is 37.3 Å². The van der Waals surface area contributed by atoms with Crippen molar-refractivity contribution in [2.24, 2.45) is 0 Å². The summed E-state index contributed by atoms with van der Waals surface area (Å²) < 4.78 is 34.2. The number of para-hydroxylation sites is 1. The van der Waals surface area contributed by atoms with Crippen LogP contribution in [0.15, 0.2) is 65.6 Å². The number of rotatable bonds is 4. The van der Waals surface area contributed by atoms with E-state index < -0.39 is 10.0 Å². The van der Waals surface area contributed by atoms with Crippen molar-refractivity contribution in [1.29, 1.82) is 0 Å². The summed E-state index contributed by atoms with van der Waals surface area (Å²) in [7, 11) is -2.20. The number of aromatic nitrogens is 1. The standard InChI is InChI=1S/C20H18N2O3S/c1-13-7-9-14(10-8-13)22-26(23,24)18-12-11-17(25-2)20-19(18)15-5-3-4-6-16(15)21-20/h3-12,21-22H,1-2H3. The van der Waals surface area contributed by atoms with Gasteiger partial charge in [0.25, 0.3) is 10.0 Å². The van der Waals surface area contributed by atoms with E-state index in [2.05, 4.69) is 9.71 Å². The fourth-order valence-corrected chi connectivity index (χ4v) is 4.41. The zero-order chi connectivity index (χ0) is 18.3. The molecule has 4 aromatic rings. The Bertz CT molecular complexity index is 1210. The van der Waals surface area contributed by atoms with Crippen LogP contribution in [0.5, 0.6) is 5.75 Å². The predicted molar refractivity (Wildman–Crippen MR) is 104 cm³/mol. The van der Waals surface area contributed by atoms with Crippen LogP contribution < -0.4 is 9.46 Å². The van der Waals surface area contributed by atoms with E-state index in [-0.39, 0.29) is 4.90 Å². The molecule has 3 aromatic carbocycles. The normalized spacial score (nSPS) is 11.8. The molecule has 0 fully saturated rings. The van der Waals surface area contributed by atoms with Crippen molar-refractivity contribution < 1.29 is 13.2 Å². The summed E-state index contributed by atoms with van der Waals surface area (Å²) in [6, 6.07) is 18.1. The first-order valence-electron chi connectivity index (χ1n) is 8.16. The molecule has 0 bridgehead atoms. The lowest BCUT2D eigenvalue weighted by molar-refractivity contribution is 0.419. The minimum atomic E-state index is -3.76. The molecular formula is C20H18N2O3S. The molecule has 2 N–H and O–H groups in total. The first kappa shape index (κ1) is 16.5. The first-order chi connectivity index (χ1) is 12.5. The molecule has 0 spiro atoms. The molecule has 0 aliphatic carbocycles. The number of H-pyrrole nitrogens is 1. The topological polar surface area (TPSA) is 71.2 Å². The molecule has 0 aliphatic heterocycles. The molecule has 1 heterocycles. The lowest BCUT2D eigenvalue weighted by atomic mass is 10.1. The van der Waals surface area contributed by atoms with Gasteiger partial charge in [-0.1, -0.05) is 35.9 Å². The van der Waals surface area contributed by atoms with Crippen LogP contribution >= 0.6 is 0 Å². The van der Waals surface area contributed by atoms with Crippen LogP contribution in [-0.2, 0) is 10.0 Å². The van der Waals surface area contributed by atoms with Crippen LogP contribution in [-0.4, -0.2) is 20.5 Å². The third-order valence-electron chi connectivity index (χ3n) is 4.40. The summed E-state index contributed by atoms with van der Waals surface area (Å²) in [6.07, 6.45) is 0. The fourth-order valence-electron chi connectivity index (χ4n) is 3.13. The van der Waals surface area contributed by atoms with Gasteiger partial charge in [-0.2, -0.15) is 0 Å². The Hall–Kier alpha value is -2.99. The van der Waals surface area contributed by atoms with Gasteiger partial charge in [-0.15, -0.1) is 0 Å².